The molecule has 3 aromatic carbocycles. The quantitative estimate of drug-likeness (QED) is 0.0925. The smallest absolute Gasteiger partial charge is 0.270 e. The molecule has 0 bridgehead atoms. The molecule has 0 saturated heterocycles. The average Bonchev–Trinajstić information content (AvgIpc) is 3.34. The van der Waals surface area contributed by atoms with Crippen LogP contribution in [-0.2, 0) is 11.3 Å². The van der Waals surface area contributed by atoms with Crippen molar-refractivity contribution in [1.29, 1.82) is 0 Å². The number of aromatic nitrogens is 3. The Labute approximate surface area is 242 Å². The molecule has 0 spiro atoms. The maximum absolute atomic E-state index is 12.5. The van der Waals surface area contributed by atoms with Crippen LogP contribution in [0.3, 0.4) is 0 Å². The number of hydrazone groups is 1. The number of nitrogens with one attached hydrogen (secondary N) is 2. The lowest BCUT2D eigenvalue weighted by atomic mass is 10.2. The summed E-state index contributed by atoms with van der Waals surface area (Å²) in [5.74, 6) is 0.360. The topological polar surface area (TPSA) is 157 Å². The highest BCUT2D eigenvalue weighted by Crippen LogP contribution is 2.30. The van der Waals surface area contributed by atoms with Gasteiger partial charge in [0.05, 0.1) is 46.9 Å². The minimum Gasteiger partial charge on any atom is -0.507 e. The van der Waals surface area contributed by atoms with Gasteiger partial charge >= 0.3 is 0 Å². The first kappa shape index (κ1) is 28.7. The molecule has 0 saturated carbocycles. The van der Waals surface area contributed by atoms with Crippen LogP contribution in [0.2, 0.25) is 10.0 Å². The number of benzene rings is 3. The maximum Gasteiger partial charge on any atom is 0.270 e. The number of aromatic hydroxyl groups is 1. The lowest BCUT2D eigenvalue weighted by Gasteiger charge is -2.14. The number of carbonyl (C=O) groups excluding carboxylic acids is 1. The average molecular weight is 602 g/mol. The number of methoxy groups -OCH3 is 1. The molecule has 0 radical (unpaired) electrons. The number of carbonyl (C=O) groups is 1. The number of phenols is 1. The third-order valence-corrected chi connectivity index (χ3v) is 6.81. The van der Waals surface area contributed by atoms with Crippen LogP contribution in [0.25, 0.3) is 5.69 Å². The number of halogens is 2. The van der Waals surface area contributed by atoms with Crippen LogP contribution in [0, 0.1) is 10.1 Å². The molecule has 3 N–H and O–H groups in total. The number of non-ortho nitro benzene ring substituents is 1. The number of nitro groups is 1. The predicted molar refractivity (Wildman–Crippen MR) is 153 cm³/mol. The Bertz CT molecular complexity index is 1580. The first-order valence-corrected chi connectivity index (χ1v) is 13.2. The molecular weight excluding hydrogens is 581 g/mol. The zero-order valence-electron chi connectivity index (χ0n) is 20.7. The fraction of sp³-hybridized carbons (Fsp3) is 0.120. The Morgan fingerprint density at radius 3 is 2.75 bits per heavy atom. The van der Waals surface area contributed by atoms with E-state index in [1.54, 1.807) is 29.9 Å². The summed E-state index contributed by atoms with van der Waals surface area (Å²) in [4.78, 5) is 22.8. The number of anilines is 1. The number of rotatable bonds is 11. The summed E-state index contributed by atoms with van der Waals surface area (Å²) in [6.45, 7) is 0.260. The SMILES string of the molecule is COc1ccccc1NCc1nnc(SCC(=O)N/N=C\c2cc([N+](=O)[O-])ccc2O)n1-c1ccc(Cl)cc1Cl. The highest BCUT2D eigenvalue weighted by molar-refractivity contribution is 7.99. The summed E-state index contributed by atoms with van der Waals surface area (Å²) >= 11 is 13.7. The molecule has 15 heteroatoms. The number of ether oxygens (including phenoxy) is 1. The van der Waals surface area contributed by atoms with Gasteiger partial charge in [0.25, 0.3) is 11.6 Å². The Morgan fingerprint density at radius 2 is 2.00 bits per heavy atom. The van der Waals surface area contributed by atoms with Gasteiger partial charge in [-0.25, -0.2) is 5.43 Å². The molecule has 1 heterocycles. The van der Waals surface area contributed by atoms with Crippen molar-refractivity contribution >= 4 is 58.5 Å². The molecule has 4 rings (SSSR count). The molecular formula is C25H21Cl2N7O5S. The summed E-state index contributed by atoms with van der Waals surface area (Å²) in [5, 5.41) is 37.6. The molecule has 40 heavy (non-hydrogen) atoms. The van der Waals surface area contributed by atoms with E-state index in [9.17, 15) is 20.0 Å². The van der Waals surface area contributed by atoms with Gasteiger partial charge in [0, 0.05) is 22.7 Å². The molecule has 1 aromatic heterocycles. The number of nitro benzene ring substituents is 1. The van der Waals surface area contributed by atoms with Crippen molar-refractivity contribution in [2.24, 2.45) is 5.10 Å². The fourth-order valence-electron chi connectivity index (χ4n) is 3.47. The molecule has 4 aromatic rings. The van der Waals surface area contributed by atoms with Crippen molar-refractivity contribution < 1.29 is 19.6 Å². The van der Waals surface area contributed by atoms with Gasteiger partial charge in [-0.3, -0.25) is 19.5 Å². The molecule has 0 unspecified atom stereocenters. The van der Waals surface area contributed by atoms with Gasteiger partial charge in [-0.1, -0.05) is 47.1 Å². The normalized spacial score (nSPS) is 11.0. The zero-order chi connectivity index (χ0) is 28.6. The molecule has 12 nitrogen and oxygen atoms in total. The highest BCUT2D eigenvalue weighted by Gasteiger charge is 2.19. The molecule has 0 aliphatic carbocycles. The van der Waals surface area contributed by atoms with Crippen molar-refractivity contribution in [3.05, 3.63) is 92.2 Å². The number of phenolic OH excluding ortho intramolecular Hbond substituents is 1. The Balaban J connectivity index is 1.50. The Kier molecular flexibility index (Phi) is 9.43. The summed E-state index contributed by atoms with van der Waals surface area (Å²) in [6.07, 6.45) is 1.11. The number of amides is 1. The highest BCUT2D eigenvalue weighted by atomic mass is 35.5. The Morgan fingerprint density at radius 1 is 1.20 bits per heavy atom. The summed E-state index contributed by atoms with van der Waals surface area (Å²) in [5.41, 5.74) is 3.49. The van der Waals surface area contributed by atoms with Crippen molar-refractivity contribution in [2.45, 2.75) is 11.7 Å². The number of hydrogen-bond acceptors (Lipinski definition) is 10. The molecule has 1 amide bonds. The summed E-state index contributed by atoms with van der Waals surface area (Å²) < 4.78 is 7.10. The second kappa shape index (κ2) is 13.2. The Hall–Kier alpha value is -4.33. The number of hydrogen-bond donors (Lipinski definition) is 3. The predicted octanol–water partition coefficient (Wildman–Crippen LogP) is 5.05. The van der Waals surface area contributed by atoms with E-state index >= 15 is 0 Å². The van der Waals surface area contributed by atoms with E-state index in [2.05, 4.69) is 26.0 Å². The molecule has 206 valence electrons. The first-order valence-electron chi connectivity index (χ1n) is 11.5. The third kappa shape index (κ3) is 7.00. The maximum atomic E-state index is 12.5. The largest absolute Gasteiger partial charge is 0.507 e. The van der Waals surface area contributed by atoms with Crippen LogP contribution in [0.4, 0.5) is 11.4 Å². The van der Waals surface area contributed by atoms with Gasteiger partial charge in [0.15, 0.2) is 11.0 Å². The van der Waals surface area contributed by atoms with Crippen molar-refractivity contribution in [3.8, 4) is 17.2 Å². The zero-order valence-corrected chi connectivity index (χ0v) is 23.1. The second-order valence-electron chi connectivity index (χ2n) is 7.97. The van der Waals surface area contributed by atoms with Gasteiger partial charge in [-0.15, -0.1) is 10.2 Å². The standard InChI is InChI=1S/C25H21Cl2N7O5S/c1-39-22-5-3-2-4-19(22)28-13-23-30-32-25(33(23)20-8-6-16(26)11-18(20)27)40-14-24(36)31-29-12-15-10-17(34(37)38)7-9-21(15)35/h2-12,28,35H,13-14H2,1H3,(H,31,36)/b29-12-. The van der Waals surface area contributed by atoms with Crippen molar-refractivity contribution in [3.63, 3.8) is 0 Å². The van der Waals surface area contributed by atoms with E-state index in [4.69, 9.17) is 27.9 Å². The van der Waals surface area contributed by atoms with Crippen LogP contribution < -0.4 is 15.5 Å². The van der Waals surface area contributed by atoms with Gasteiger partial charge in [0.2, 0.25) is 0 Å². The van der Waals surface area contributed by atoms with E-state index < -0.39 is 10.8 Å². The van der Waals surface area contributed by atoms with Crippen LogP contribution in [0.1, 0.15) is 11.4 Å². The van der Waals surface area contributed by atoms with E-state index in [1.165, 1.54) is 6.07 Å². The van der Waals surface area contributed by atoms with E-state index in [-0.39, 0.29) is 29.3 Å². The van der Waals surface area contributed by atoms with Crippen molar-refractivity contribution in [1.82, 2.24) is 20.2 Å². The van der Waals surface area contributed by atoms with E-state index in [1.807, 2.05) is 24.3 Å². The lowest BCUT2D eigenvalue weighted by molar-refractivity contribution is -0.384. The molecule has 0 atom stereocenters. The minimum absolute atomic E-state index is 0.0754. The first-order chi connectivity index (χ1) is 19.3. The van der Waals surface area contributed by atoms with Crippen molar-refractivity contribution in [2.75, 3.05) is 18.2 Å². The van der Waals surface area contributed by atoms with E-state index in [0.717, 1.165) is 35.8 Å². The van der Waals surface area contributed by atoms with Crippen LogP contribution >= 0.6 is 35.0 Å². The van der Waals surface area contributed by atoms with E-state index in [0.29, 0.717) is 32.5 Å². The third-order valence-electron chi connectivity index (χ3n) is 5.34. The molecule has 0 aliphatic heterocycles. The minimum atomic E-state index is -0.602. The molecule has 0 fully saturated rings. The van der Waals surface area contributed by atoms with Gasteiger partial charge in [0.1, 0.15) is 11.5 Å². The van der Waals surface area contributed by atoms with Crippen LogP contribution in [-0.4, -0.2) is 49.8 Å². The number of para-hydroxylation sites is 2. The number of nitrogens with zero attached hydrogens (tertiary/aromatic N) is 5. The fourth-order valence-corrected chi connectivity index (χ4v) is 4.72. The van der Waals surface area contributed by atoms with Gasteiger partial charge in [-0.2, -0.15) is 5.10 Å². The monoisotopic (exact) mass is 601 g/mol. The number of thioether (sulfide) groups is 1. The second-order valence-corrected chi connectivity index (χ2v) is 9.75. The van der Waals surface area contributed by atoms with Gasteiger partial charge < -0.3 is 15.2 Å². The lowest BCUT2D eigenvalue weighted by Crippen LogP contribution is -2.20. The van der Waals surface area contributed by atoms with Crippen LogP contribution in [0.5, 0.6) is 11.5 Å². The van der Waals surface area contributed by atoms with Crippen LogP contribution in [0.15, 0.2) is 70.9 Å². The summed E-state index contributed by atoms with van der Waals surface area (Å²) in [7, 11) is 1.58. The summed E-state index contributed by atoms with van der Waals surface area (Å²) in [6, 6.07) is 15.9. The molecule has 0 aliphatic rings. The van der Waals surface area contributed by atoms with Gasteiger partial charge in [-0.05, 0) is 36.4 Å².